The second kappa shape index (κ2) is 9.28. The number of allylic oxidation sites excluding steroid dienone is 3. The van der Waals surface area contributed by atoms with Gasteiger partial charge < -0.3 is 14.8 Å². The largest absolute Gasteiger partial charge is 0.466 e. The monoisotopic (exact) mass is 449 g/mol. The third-order valence-corrected chi connectivity index (χ3v) is 5.32. The molecule has 164 valence electrons. The van der Waals surface area contributed by atoms with E-state index in [0.717, 1.165) is 29.6 Å². The fourth-order valence-corrected chi connectivity index (χ4v) is 3.97. The van der Waals surface area contributed by atoms with E-state index in [1.807, 2.05) is 4.68 Å². The number of nitrogens with zero attached hydrogens (tertiary/aromatic N) is 4. The van der Waals surface area contributed by atoms with E-state index < -0.39 is 0 Å². The third kappa shape index (κ3) is 4.24. The van der Waals surface area contributed by atoms with Gasteiger partial charge in [0.15, 0.2) is 11.4 Å². The van der Waals surface area contributed by atoms with Crippen molar-refractivity contribution >= 4 is 29.3 Å². The summed E-state index contributed by atoms with van der Waals surface area (Å²) < 4.78 is 13.0. The number of benzene rings is 1. The first-order chi connectivity index (χ1) is 15.2. The van der Waals surface area contributed by atoms with Crippen molar-refractivity contribution in [1.82, 2.24) is 19.7 Å². The molecule has 0 bridgehead atoms. The summed E-state index contributed by atoms with van der Waals surface area (Å²) in [6.07, 6.45) is 16.3. The summed E-state index contributed by atoms with van der Waals surface area (Å²) in [7, 11) is 0. The van der Waals surface area contributed by atoms with Gasteiger partial charge in [0.1, 0.15) is 37.0 Å². The van der Waals surface area contributed by atoms with Crippen molar-refractivity contribution in [3.63, 3.8) is 0 Å². The molecule has 1 aliphatic heterocycles. The van der Waals surface area contributed by atoms with Gasteiger partial charge in [-0.1, -0.05) is 24.3 Å². The number of anilines is 1. The van der Waals surface area contributed by atoms with Crippen LogP contribution in [0.2, 0.25) is 0 Å². The molecular weight excluding hydrogens is 426 g/mol. The van der Waals surface area contributed by atoms with Crippen molar-refractivity contribution in [2.45, 2.75) is 32.7 Å². The molecule has 0 saturated heterocycles. The van der Waals surface area contributed by atoms with Crippen LogP contribution in [0.15, 0.2) is 79.1 Å². The molecule has 0 radical (unpaired) electrons. The Balaban J connectivity index is 0.00000245. The van der Waals surface area contributed by atoms with E-state index in [-0.39, 0.29) is 18.4 Å². The zero-order valence-electron chi connectivity index (χ0n) is 17.9. The van der Waals surface area contributed by atoms with E-state index in [0.29, 0.717) is 11.6 Å². The van der Waals surface area contributed by atoms with Crippen molar-refractivity contribution in [1.29, 1.82) is 0 Å². The molecule has 0 saturated carbocycles. The van der Waals surface area contributed by atoms with Crippen LogP contribution in [0.1, 0.15) is 24.0 Å². The maximum atomic E-state index is 5.74. The Kier molecular flexibility index (Phi) is 6.28. The number of aromatic nitrogens is 4. The average molecular weight is 450 g/mol. The molecule has 0 fully saturated rings. The lowest BCUT2D eigenvalue weighted by atomic mass is 9.96. The number of rotatable bonds is 5. The van der Waals surface area contributed by atoms with Crippen molar-refractivity contribution in [2.24, 2.45) is 0 Å². The van der Waals surface area contributed by atoms with Gasteiger partial charge in [-0.05, 0) is 55.5 Å². The quantitative estimate of drug-likeness (QED) is 0.572. The van der Waals surface area contributed by atoms with Crippen LogP contribution in [0.4, 0.5) is 5.82 Å². The van der Waals surface area contributed by atoms with Gasteiger partial charge in [-0.3, -0.25) is 0 Å². The van der Waals surface area contributed by atoms with Crippen molar-refractivity contribution in [3.8, 4) is 5.69 Å². The molecular formula is C24H24ClN5O2. The van der Waals surface area contributed by atoms with Crippen LogP contribution in [0.5, 0.6) is 0 Å². The van der Waals surface area contributed by atoms with Crippen LogP contribution in [0.25, 0.3) is 16.7 Å². The van der Waals surface area contributed by atoms with E-state index in [2.05, 4.69) is 70.7 Å². The van der Waals surface area contributed by atoms with Gasteiger partial charge in [-0.25, -0.2) is 14.6 Å². The zero-order valence-corrected chi connectivity index (χ0v) is 18.7. The summed E-state index contributed by atoms with van der Waals surface area (Å²) in [6.45, 7) is 4.16. The molecule has 32 heavy (non-hydrogen) atoms. The predicted molar refractivity (Wildman–Crippen MR) is 127 cm³/mol. The van der Waals surface area contributed by atoms with Crippen LogP contribution in [0.3, 0.4) is 0 Å². The fraction of sp³-hybridized carbons (Fsp3) is 0.208. The van der Waals surface area contributed by atoms with Gasteiger partial charge in [0.2, 0.25) is 0 Å². The minimum absolute atomic E-state index is 0. The number of nitrogens with one attached hydrogen (secondary N) is 1. The minimum atomic E-state index is -0.211. The smallest absolute Gasteiger partial charge is 0.168 e. The average Bonchev–Trinajstić information content (AvgIpc) is 3.23. The summed E-state index contributed by atoms with van der Waals surface area (Å²) in [5, 5.41) is 8.98. The molecule has 1 atom stereocenters. The van der Waals surface area contributed by atoms with Crippen LogP contribution in [-0.2, 0) is 9.47 Å². The number of fused-ring (bicyclic) bond motifs is 1. The highest BCUT2D eigenvalue weighted by Crippen LogP contribution is 2.29. The Bertz CT molecular complexity index is 1240. The van der Waals surface area contributed by atoms with Gasteiger partial charge in [-0.15, -0.1) is 12.4 Å². The van der Waals surface area contributed by atoms with Crippen molar-refractivity contribution in [2.75, 3.05) is 5.32 Å². The van der Waals surface area contributed by atoms with Gasteiger partial charge in [0, 0.05) is 0 Å². The van der Waals surface area contributed by atoms with E-state index in [9.17, 15) is 0 Å². The Morgan fingerprint density at radius 1 is 1.09 bits per heavy atom. The number of hydrogen-bond acceptors (Lipinski definition) is 6. The molecule has 7 nitrogen and oxygen atoms in total. The van der Waals surface area contributed by atoms with Gasteiger partial charge >= 0.3 is 0 Å². The lowest BCUT2D eigenvalue weighted by Gasteiger charge is -2.26. The number of halogens is 1. The fourth-order valence-electron chi connectivity index (χ4n) is 3.97. The summed E-state index contributed by atoms with van der Waals surface area (Å²) in [6, 6.07) is 6.13. The van der Waals surface area contributed by atoms with Gasteiger partial charge in [-0.2, -0.15) is 5.10 Å². The summed E-state index contributed by atoms with van der Waals surface area (Å²) in [5.74, 6) is 1.37. The standard InChI is InChI=1S/C24H23N5O2.ClH/c1-16-10-17(2)12-19(11-16)29-24-20(13-27-29)23(25-15-26-24)28-22(18-6-4-3-5-7-18)21-14-30-8-9-31-21;/h3-4,6,8-15,22H,5,7H2,1-2H3,(H,25,26,28);1H. The predicted octanol–water partition coefficient (Wildman–Crippen LogP) is 5.27. The summed E-state index contributed by atoms with van der Waals surface area (Å²) in [5.41, 5.74) is 5.27. The van der Waals surface area contributed by atoms with E-state index >= 15 is 0 Å². The van der Waals surface area contributed by atoms with Crippen LogP contribution in [0, 0.1) is 13.8 Å². The van der Waals surface area contributed by atoms with Crippen LogP contribution < -0.4 is 5.32 Å². The van der Waals surface area contributed by atoms with Gasteiger partial charge in [0.25, 0.3) is 0 Å². The molecule has 3 aromatic rings. The molecule has 0 amide bonds. The number of ether oxygens (including phenoxy) is 2. The topological polar surface area (TPSA) is 74.1 Å². The molecule has 8 heteroatoms. The molecule has 3 heterocycles. The maximum absolute atomic E-state index is 5.74. The number of aryl methyl sites for hydroxylation is 2. The van der Waals surface area contributed by atoms with E-state index in [1.165, 1.54) is 29.2 Å². The van der Waals surface area contributed by atoms with Crippen molar-refractivity contribution in [3.05, 3.63) is 90.2 Å². The first kappa shape index (κ1) is 21.6. The highest BCUT2D eigenvalue weighted by Gasteiger charge is 2.24. The summed E-state index contributed by atoms with van der Waals surface area (Å²) in [4.78, 5) is 9.03. The van der Waals surface area contributed by atoms with Crippen LogP contribution in [-0.4, -0.2) is 25.8 Å². The van der Waals surface area contributed by atoms with Gasteiger partial charge in [0.05, 0.1) is 17.3 Å². The first-order valence-corrected chi connectivity index (χ1v) is 10.3. The molecule has 2 aliphatic rings. The maximum Gasteiger partial charge on any atom is 0.168 e. The Morgan fingerprint density at radius 3 is 2.66 bits per heavy atom. The normalized spacial score (nSPS) is 15.8. The molecule has 1 N–H and O–H groups in total. The lowest BCUT2D eigenvalue weighted by molar-refractivity contribution is 0.245. The molecule has 0 spiro atoms. The minimum Gasteiger partial charge on any atom is -0.466 e. The Morgan fingerprint density at radius 2 is 1.94 bits per heavy atom. The molecule has 1 unspecified atom stereocenters. The SMILES string of the molecule is Cc1cc(C)cc(-n2ncc3c(NC(C4=CC=CCC4)C4=COC=CO4)ncnc32)c1.Cl. The Labute approximate surface area is 192 Å². The Hall–Kier alpha value is -3.58. The lowest BCUT2D eigenvalue weighted by Crippen LogP contribution is -2.27. The second-order valence-corrected chi connectivity index (χ2v) is 7.69. The third-order valence-electron chi connectivity index (χ3n) is 5.32. The molecule has 2 aromatic heterocycles. The van der Waals surface area contributed by atoms with Crippen molar-refractivity contribution < 1.29 is 9.47 Å². The highest BCUT2D eigenvalue weighted by molar-refractivity contribution is 5.87. The molecule has 1 aromatic carbocycles. The zero-order chi connectivity index (χ0) is 21.2. The number of hydrogen-bond donors (Lipinski definition) is 1. The molecule has 5 rings (SSSR count). The highest BCUT2D eigenvalue weighted by atomic mass is 35.5. The van der Waals surface area contributed by atoms with E-state index in [1.54, 1.807) is 18.8 Å². The second-order valence-electron chi connectivity index (χ2n) is 7.69. The van der Waals surface area contributed by atoms with E-state index in [4.69, 9.17) is 9.47 Å². The molecule has 1 aliphatic carbocycles. The summed E-state index contributed by atoms with van der Waals surface area (Å²) >= 11 is 0. The first-order valence-electron chi connectivity index (χ1n) is 10.3. The van der Waals surface area contributed by atoms with Crippen LogP contribution >= 0.6 is 12.4 Å².